The number of aliphatic hydroxyl groups excluding tert-OH is 1. The van der Waals surface area contributed by atoms with E-state index < -0.39 is 0 Å². The normalized spacial score (nSPS) is 11.0. The van der Waals surface area contributed by atoms with Crippen LogP contribution in [0.15, 0.2) is 29.6 Å². The van der Waals surface area contributed by atoms with Gasteiger partial charge in [-0.1, -0.05) is 17.7 Å². The van der Waals surface area contributed by atoms with Gasteiger partial charge in [-0.15, -0.1) is 11.3 Å². The first-order valence-electron chi connectivity index (χ1n) is 6.59. The van der Waals surface area contributed by atoms with Crippen LogP contribution in [-0.4, -0.2) is 35.2 Å². The average molecular weight is 292 g/mol. The summed E-state index contributed by atoms with van der Waals surface area (Å²) in [5, 5.41) is 11.9. The van der Waals surface area contributed by atoms with Crippen molar-refractivity contribution < 1.29 is 9.84 Å². The van der Waals surface area contributed by atoms with Crippen LogP contribution in [0.1, 0.15) is 16.3 Å². The van der Waals surface area contributed by atoms with Crippen LogP contribution in [0.4, 0.5) is 0 Å². The molecule has 1 N–H and O–H groups in total. The molecule has 0 aliphatic rings. The fourth-order valence-corrected chi connectivity index (χ4v) is 2.49. The van der Waals surface area contributed by atoms with Crippen LogP contribution < -0.4 is 4.74 Å². The fourth-order valence-electron chi connectivity index (χ4n) is 1.79. The van der Waals surface area contributed by atoms with E-state index in [-0.39, 0.29) is 6.61 Å². The molecule has 2 aromatic rings. The van der Waals surface area contributed by atoms with Crippen LogP contribution in [0.25, 0.3) is 0 Å². The minimum Gasteiger partial charge on any atom is -0.486 e. The van der Waals surface area contributed by atoms with Gasteiger partial charge in [0.05, 0.1) is 12.3 Å². The molecule has 5 heteroatoms. The van der Waals surface area contributed by atoms with Gasteiger partial charge in [0.1, 0.15) is 17.4 Å². The maximum atomic E-state index is 8.87. The molecule has 0 unspecified atom stereocenters. The molecule has 4 nitrogen and oxygen atoms in total. The molecular formula is C15H20N2O2S. The molecule has 108 valence electrons. The predicted octanol–water partition coefficient (Wildman–Crippen LogP) is 2.45. The van der Waals surface area contributed by atoms with Crippen LogP contribution in [0.3, 0.4) is 0 Å². The van der Waals surface area contributed by atoms with Crippen LogP contribution in [0.2, 0.25) is 0 Å². The van der Waals surface area contributed by atoms with E-state index in [1.165, 1.54) is 5.56 Å². The molecule has 0 radical (unpaired) electrons. The Hall–Kier alpha value is -1.43. The van der Waals surface area contributed by atoms with Gasteiger partial charge in [-0.3, -0.25) is 4.90 Å². The van der Waals surface area contributed by atoms with Gasteiger partial charge >= 0.3 is 0 Å². The Morgan fingerprint density at radius 1 is 1.30 bits per heavy atom. The zero-order valence-electron chi connectivity index (χ0n) is 11.9. The summed E-state index contributed by atoms with van der Waals surface area (Å²) in [7, 11) is 1.97. The van der Waals surface area contributed by atoms with Gasteiger partial charge < -0.3 is 9.84 Å². The quantitative estimate of drug-likeness (QED) is 0.851. The number of benzene rings is 1. The number of hydrogen-bond acceptors (Lipinski definition) is 5. The highest BCUT2D eigenvalue weighted by molar-refractivity contribution is 7.09. The molecular weight excluding hydrogens is 272 g/mol. The number of likely N-dealkylation sites (N-methyl/N-ethyl adjacent to an activating group) is 1. The Morgan fingerprint density at radius 3 is 2.75 bits per heavy atom. The summed E-state index contributed by atoms with van der Waals surface area (Å²) in [4.78, 5) is 6.58. The van der Waals surface area contributed by atoms with E-state index in [2.05, 4.69) is 11.9 Å². The first kappa shape index (κ1) is 15.0. The summed E-state index contributed by atoms with van der Waals surface area (Å²) in [6.45, 7) is 4.13. The molecule has 0 amide bonds. The molecule has 0 bridgehead atoms. The summed E-state index contributed by atoms with van der Waals surface area (Å²) >= 11 is 1.61. The minimum absolute atomic E-state index is 0.171. The number of aliphatic hydroxyl groups is 1. The van der Waals surface area contributed by atoms with Crippen LogP contribution in [0, 0.1) is 6.92 Å². The molecule has 0 atom stereocenters. The molecule has 20 heavy (non-hydrogen) atoms. The Kier molecular flexibility index (Phi) is 5.52. The number of aryl methyl sites for hydroxylation is 1. The summed E-state index contributed by atoms with van der Waals surface area (Å²) in [5.41, 5.74) is 2.24. The lowest BCUT2D eigenvalue weighted by molar-refractivity contribution is 0.216. The first-order valence-corrected chi connectivity index (χ1v) is 7.47. The van der Waals surface area contributed by atoms with Crippen molar-refractivity contribution >= 4 is 11.3 Å². The van der Waals surface area contributed by atoms with Gasteiger partial charge in [-0.05, 0) is 26.1 Å². The summed E-state index contributed by atoms with van der Waals surface area (Å²) in [5.74, 6) is 0.866. The SMILES string of the molecule is Cc1ccc(OCc2nc(CN(C)CCO)cs2)cc1. The number of rotatable bonds is 7. The van der Waals surface area contributed by atoms with Crippen molar-refractivity contribution in [2.24, 2.45) is 0 Å². The smallest absolute Gasteiger partial charge is 0.140 e. The maximum absolute atomic E-state index is 8.87. The highest BCUT2D eigenvalue weighted by Gasteiger charge is 2.06. The second kappa shape index (κ2) is 7.38. The highest BCUT2D eigenvalue weighted by atomic mass is 32.1. The summed E-state index contributed by atoms with van der Waals surface area (Å²) in [6.07, 6.45) is 0. The summed E-state index contributed by atoms with van der Waals surface area (Å²) < 4.78 is 5.71. The minimum atomic E-state index is 0.171. The molecule has 1 heterocycles. The van der Waals surface area contributed by atoms with E-state index in [0.29, 0.717) is 13.2 Å². The number of thiazole rings is 1. The molecule has 0 saturated carbocycles. The lowest BCUT2D eigenvalue weighted by Crippen LogP contribution is -2.21. The number of nitrogens with zero attached hydrogens (tertiary/aromatic N) is 2. The van der Waals surface area contributed by atoms with E-state index in [1.807, 2.05) is 41.6 Å². The number of hydrogen-bond donors (Lipinski definition) is 1. The topological polar surface area (TPSA) is 45.6 Å². The Balaban J connectivity index is 1.85. The van der Waals surface area contributed by atoms with Gasteiger partial charge in [0, 0.05) is 18.5 Å². The average Bonchev–Trinajstić information content (AvgIpc) is 2.86. The van der Waals surface area contributed by atoms with Gasteiger partial charge in [0.25, 0.3) is 0 Å². The third-order valence-corrected chi connectivity index (χ3v) is 3.77. The molecule has 2 rings (SSSR count). The van der Waals surface area contributed by atoms with Gasteiger partial charge in [-0.25, -0.2) is 4.98 Å². The monoisotopic (exact) mass is 292 g/mol. The number of ether oxygens (including phenoxy) is 1. The Labute approximate surface area is 123 Å². The molecule has 0 aliphatic heterocycles. The van der Waals surface area contributed by atoms with Crippen LogP contribution >= 0.6 is 11.3 Å². The second-order valence-corrected chi connectivity index (χ2v) is 5.74. The second-order valence-electron chi connectivity index (χ2n) is 4.80. The van der Waals surface area contributed by atoms with Gasteiger partial charge in [-0.2, -0.15) is 0 Å². The van der Waals surface area contributed by atoms with E-state index in [9.17, 15) is 0 Å². The zero-order valence-corrected chi connectivity index (χ0v) is 12.7. The van der Waals surface area contributed by atoms with Crippen molar-refractivity contribution in [3.63, 3.8) is 0 Å². The summed E-state index contributed by atoms with van der Waals surface area (Å²) in [6, 6.07) is 8.01. The maximum Gasteiger partial charge on any atom is 0.140 e. The third-order valence-electron chi connectivity index (χ3n) is 2.90. The van der Waals surface area contributed by atoms with E-state index in [4.69, 9.17) is 9.84 Å². The largest absolute Gasteiger partial charge is 0.486 e. The van der Waals surface area contributed by atoms with Gasteiger partial charge in [0.15, 0.2) is 0 Å². The molecule has 0 fully saturated rings. The molecule has 0 saturated heterocycles. The van der Waals surface area contributed by atoms with Crippen molar-refractivity contribution in [2.45, 2.75) is 20.1 Å². The van der Waals surface area contributed by atoms with E-state index in [1.54, 1.807) is 11.3 Å². The first-order chi connectivity index (χ1) is 9.67. The predicted molar refractivity (Wildman–Crippen MR) is 81.0 cm³/mol. The highest BCUT2D eigenvalue weighted by Crippen LogP contribution is 2.16. The van der Waals surface area contributed by atoms with Gasteiger partial charge in [0.2, 0.25) is 0 Å². The fraction of sp³-hybridized carbons (Fsp3) is 0.400. The van der Waals surface area contributed by atoms with Crippen molar-refractivity contribution in [3.8, 4) is 5.75 Å². The lowest BCUT2D eigenvalue weighted by atomic mass is 10.2. The van der Waals surface area contributed by atoms with Crippen molar-refractivity contribution in [1.29, 1.82) is 0 Å². The van der Waals surface area contributed by atoms with Crippen LogP contribution in [0.5, 0.6) is 5.75 Å². The van der Waals surface area contributed by atoms with E-state index in [0.717, 1.165) is 23.0 Å². The standard InChI is InChI=1S/C15H20N2O2S/c1-12-3-5-14(6-4-12)19-10-15-16-13(11-20-15)9-17(2)7-8-18/h3-6,11,18H,7-10H2,1-2H3. The zero-order chi connectivity index (χ0) is 14.4. The van der Waals surface area contributed by atoms with Crippen molar-refractivity contribution in [1.82, 2.24) is 9.88 Å². The Bertz CT molecular complexity index is 525. The number of aromatic nitrogens is 1. The molecule has 1 aromatic heterocycles. The molecule has 1 aromatic carbocycles. The Morgan fingerprint density at radius 2 is 2.05 bits per heavy atom. The molecule has 0 spiro atoms. The van der Waals surface area contributed by atoms with E-state index >= 15 is 0 Å². The van der Waals surface area contributed by atoms with Crippen LogP contribution in [-0.2, 0) is 13.2 Å². The molecule has 0 aliphatic carbocycles. The van der Waals surface area contributed by atoms with Crippen molar-refractivity contribution in [2.75, 3.05) is 20.2 Å². The van der Waals surface area contributed by atoms with Crippen molar-refractivity contribution in [3.05, 3.63) is 45.9 Å². The third kappa shape index (κ3) is 4.59. The lowest BCUT2D eigenvalue weighted by Gasteiger charge is -2.12.